The summed E-state index contributed by atoms with van der Waals surface area (Å²) >= 11 is 1.31. The lowest BCUT2D eigenvalue weighted by atomic mass is 10.1. The van der Waals surface area contributed by atoms with E-state index in [9.17, 15) is 9.59 Å². The van der Waals surface area contributed by atoms with Crippen LogP contribution in [0, 0.1) is 6.92 Å². The molecule has 0 bridgehead atoms. The van der Waals surface area contributed by atoms with Gasteiger partial charge < -0.3 is 15.4 Å². The minimum Gasteiger partial charge on any atom is -0.467 e. The number of fused-ring (bicyclic) bond motifs is 1. The highest BCUT2D eigenvalue weighted by molar-refractivity contribution is 7.20. The Labute approximate surface area is 178 Å². The zero-order chi connectivity index (χ0) is 21.1. The van der Waals surface area contributed by atoms with Crippen LogP contribution in [0.3, 0.4) is 0 Å². The quantitative estimate of drug-likeness (QED) is 0.581. The number of esters is 1. The maximum absolute atomic E-state index is 13.1. The fraction of sp³-hybridized carbons (Fsp3) is 0.364. The van der Waals surface area contributed by atoms with Crippen LogP contribution in [0.1, 0.15) is 52.5 Å². The molecule has 1 aliphatic rings. The SMILES string of the molecule is COC(=O)[C@@H](NC(=O)c1sc2ncnc(NC3CCCC3)c2c1C)c1ccccc1. The molecule has 7 nitrogen and oxygen atoms in total. The van der Waals surface area contributed by atoms with Crippen LogP contribution >= 0.6 is 11.3 Å². The molecular formula is C22H24N4O3S. The van der Waals surface area contributed by atoms with Gasteiger partial charge in [-0.2, -0.15) is 0 Å². The van der Waals surface area contributed by atoms with Crippen LogP contribution in [0.4, 0.5) is 5.82 Å². The Morgan fingerprint density at radius 3 is 2.60 bits per heavy atom. The van der Waals surface area contributed by atoms with Gasteiger partial charge in [-0.3, -0.25) is 4.79 Å². The second-order valence-electron chi connectivity index (χ2n) is 7.42. The number of thiophene rings is 1. The molecule has 0 unspecified atom stereocenters. The molecule has 0 spiro atoms. The predicted molar refractivity (Wildman–Crippen MR) is 117 cm³/mol. The van der Waals surface area contributed by atoms with Crippen LogP contribution < -0.4 is 10.6 Å². The van der Waals surface area contributed by atoms with Crippen LogP contribution in [-0.2, 0) is 9.53 Å². The molecule has 30 heavy (non-hydrogen) atoms. The van der Waals surface area contributed by atoms with Crippen molar-refractivity contribution < 1.29 is 14.3 Å². The molecule has 1 fully saturated rings. The third kappa shape index (κ3) is 4.00. The van der Waals surface area contributed by atoms with Gasteiger partial charge in [-0.05, 0) is 30.9 Å². The van der Waals surface area contributed by atoms with E-state index < -0.39 is 12.0 Å². The second kappa shape index (κ2) is 8.79. The van der Waals surface area contributed by atoms with E-state index >= 15 is 0 Å². The Morgan fingerprint density at radius 1 is 1.17 bits per heavy atom. The standard InChI is InChI=1S/C22H24N4O3S/c1-13-16-19(25-15-10-6-7-11-15)23-12-24-21(16)30-18(13)20(27)26-17(22(28)29-2)14-8-4-3-5-9-14/h3-5,8-9,12,15,17H,6-7,10-11H2,1-2H3,(H,26,27)(H,23,24,25)/t17-/m0/s1. The minimum absolute atomic E-state index is 0.332. The van der Waals surface area contributed by atoms with Gasteiger partial charge in [0.15, 0.2) is 6.04 Å². The number of ether oxygens (including phenoxy) is 1. The molecule has 1 aliphatic carbocycles. The van der Waals surface area contributed by atoms with E-state index in [2.05, 4.69) is 20.6 Å². The van der Waals surface area contributed by atoms with Crippen LogP contribution in [0.25, 0.3) is 10.2 Å². The van der Waals surface area contributed by atoms with Gasteiger partial charge in [0.25, 0.3) is 5.91 Å². The number of benzene rings is 1. The van der Waals surface area contributed by atoms with E-state index in [4.69, 9.17) is 4.74 Å². The fourth-order valence-electron chi connectivity index (χ4n) is 3.90. The Morgan fingerprint density at radius 2 is 1.90 bits per heavy atom. The van der Waals surface area contributed by atoms with Crippen molar-refractivity contribution in [2.24, 2.45) is 0 Å². The molecule has 1 saturated carbocycles. The summed E-state index contributed by atoms with van der Waals surface area (Å²) in [6, 6.07) is 8.59. The van der Waals surface area contributed by atoms with E-state index in [0.29, 0.717) is 16.5 Å². The lowest BCUT2D eigenvalue weighted by molar-refractivity contribution is -0.143. The highest BCUT2D eigenvalue weighted by Crippen LogP contribution is 2.35. The number of amides is 1. The molecule has 156 valence electrons. The molecule has 8 heteroatoms. The number of hydrogen-bond donors (Lipinski definition) is 2. The van der Waals surface area contributed by atoms with Gasteiger partial charge in [0.1, 0.15) is 17.0 Å². The van der Waals surface area contributed by atoms with Crippen LogP contribution in [-0.4, -0.2) is 35.0 Å². The van der Waals surface area contributed by atoms with E-state index in [-0.39, 0.29) is 5.91 Å². The summed E-state index contributed by atoms with van der Waals surface area (Å²) in [5.41, 5.74) is 1.48. The summed E-state index contributed by atoms with van der Waals surface area (Å²) < 4.78 is 4.90. The van der Waals surface area contributed by atoms with Crippen molar-refractivity contribution in [2.75, 3.05) is 12.4 Å². The van der Waals surface area contributed by atoms with E-state index in [1.54, 1.807) is 12.1 Å². The Kier molecular flexibility index (Phi) is 5.94. The molecule has 2 aromatic heterocycles. The number of aromatic nitrogens is 2. The Hall–Kier alpha value is -3.00. The van der Waals surface area contributed by atoms with Crippen molar-refractivity contribution in [3.8, 4) is 0 Å². The summed E-state index contributed by atoms with van der Waals surface area (Å²) in [5.74, 6) is -0.0782. The molecular weight excluding hydrogens is 400 g/mol. The van der Waals surface area contributed by atoms with Gasteiger partial charge in [-0.1, -0.05) is 43.2 Å². The summed E-state index contributed by atoms with van der Waals surface area (Å²) in [6.45, 7) is 1.90. The predicted octanol–water partition coefficient (Wildman–Crippen LogP) is 4.00. The van der Waals surface area contributed by atoms with Crippen molar-refractivity contribution >= 4 is 39.2 Å². The zero-order valence-electron chi connectivity index (χ0n) is 17.0. The normalized spacial score (nSPS) is 15.1. The molecule has 0 saturated heterocycles. The number of aryl methyl sites for hydroxylation is 1. The maximum atomic E-state index is 13.1. The second-order valence-corrected chi connectivity index (χ2v) is 8.42. The first-order valence-electron chi connectivity index (χ1n) is 10.0. The summed E-state index contributed by atoms with van der Waals surface area (Å²) in [6.07, 6.45) is 6.21. The number of anilines is 1. The Bertz CT molecular complexity index is 1060. The van der Waals surface area contributed by atoms with E-state index in [1.165, 1.54) is 37.6 Å². The van der Waals surface area contributed by atoms with Gasteiger partial charge in [-0.25, -0.2) is 14.8 Å². The first kappa shape index (κ1) is 20.3. The molecule has 4 rings (SSSR count). The number of nitrogens with one attached hydrogen (secondary N) is 2. The van der Waals surface area contributed by atoms with E-state index in [1.807, 2.05) is 25.1 Å². The summed E-state index contributed by atoms with van der Waals surface area (Å²) in [4.78, 5) is 35.5. The third-order valence-electron chi connectivity index (χ3n) is 5.47. The summed E-state index contributed by atoms with van der Waals surface area (Å²) in [5, 5.41) is 7.21. The van der Waals surface area contributed by atoms with Crippen molar-refractivity contribution in [2.45, 2.75) is 44.7 Å². The zero-order valence-corrected chi connectivity index (χ0v) is 17.8. The summed E-state index contributed by atoms with van der Waals surface area (Å²) in [7, 11) is 1.31. The number of methoxy groups -OCH3 is 1. The topological polar surface area (TPSA) is 93.2 Å². The lowest BCUT2D eigenvalue weighted by Crippen LogP contribution is -2.34. The number of rotatable bonds is 6. The number of nitrogens with zero attached hydrogens (tertiary/aromatic N) is 2. The average Bonchev–Trinajstić information content (AvgIpc) is 3.40. The molecule has 1 aromatic carbocycles. The van der Waals surface area contributed by atoms with Gasteiger partial charge in [0.05, 0.1) is 17.4 Å². The van der Waals surface area contributed by atoms with Crippen molar-refractivity contribution in [1.29, 1.82) is 0 Å². The largest absolute Gasteiger partial charge is 0.467 e. The minimum atomic E-state index is -0.879. The van der Waals surface area contributed by atoms with Gasteiger partial charge in [-0.15, -0.1) is 11.3 Å². The monoisotopic (exact) mass is 424 g/mol. The number of carbonyl (C=O) groups excluding carboxylic acids is 2. The van der Waals surface area contributed by atoms with E-state index in [0.717, 1.165) is 34.4 Å². The molecule has 0 aliphatic heterocycles. The molecule has 3 aromatic rings. The Balaban J connectivity index is 1.64. The molecule has 1 atom stereocenters. The highest BCUT2D eigenvalue weighted by Gasteiger charge is 2.27. The fourth-order valence-corrected chi connectivity index (χ4v) is 4.95. The lowest BCUT2D eigenvalue weighted by Gasteiger charge is -2.16. The van der Waals surface area contributed by atoms with Gasteiger partial charge in [0, 0.05) is 6.04 Å². The van der Waals surface area contributed by atoms with Crippen molar-refractivity contribution in [1.82, 2.24) is 15.3 Å². The number of carbonyl (C=O) groups is 2. The van der Waals surface area contributed by atoms with Gasteiger partial charge >= 0.3 is 5.97 Å². The maximum Gasteiger partial charge on any atom is 0.333 e. The highest BCUT2D eigenvalue weighted by atomic mass is 32.1. The van der Waals surface area contributed by atoms with Crippen LogP contribution in [0.15, 0.2) is 36.7 Å². The molecule has 1 amide bonds. The van der Waals surface area contributed by atoms with Crippen molar-refractivity contribution in [3.63, 3.8) is 0 Å². The van der Waals surface area contributed by atoms with Gasteiger partial charge in [0.2, 0.25) is 0 Å². The molecule has 2 heterocycles. The third-order valence-corrected chi connectivity index (χ3v) is 6.67. The smallest absolute Gasteiger partial charge is 0.333 e. The average molecular weight is 425 g/mol. The first-order valence-corrected chi connectivity index (χ1v) is 10.8. The van der Waals surface area contributed by atoms with Crippen LogP contribution in [0.2, 0.25) is 0 Å². The van der Waals surface area contributed by atoms with Crippen LogP contribution in [0.5, 0.6) is 0 Å². The van der Waals surface area contributed by atoms with Crippen molar-refractivity contribution in [3.05, 3.63) is 52.7 Å². The first-order chi connectivity index (χ1) is 14.6. The number of hydrogen-bond acceptors (Lipinski definition) is 7. The molecule has 2 N–H and O–H groups in total. The molecule has 0 radical (unpaired) electrons.